The van der Waals surface area contributed by atoms with Crippen molar-refractivity contribution < 1.29 is 4.79 Å². The number of aromatic nitrogens is 1. The predicted octanol–water partition coefficient (Wildman–Crippen LogP) is 5.67. The number of aromatic amines is 1. The van der Waals surface area contributed by atoms with Gasteiger partial charge in [0.25, 0.3) is 5.91 Å². The van der Waals surface area contributed by atoms with E-state index in [1.165, 1.54) is 22.3 Å². The third-order valence-corrected chi connectivity index (χ3v) is 6.32. The van der Waals surface area contributed by atoms with E-state index in [4.69, 9.17) is 11.6 Å². The number of benzene rings is 2. The normalized spacial score (nSPS) is 16.5. The average molecular weight is 393 g/mol. The molecule has 1 aliphatic rings. The maximum Gasteiger partial charge on any atom is 0.264 e. The van der Waals surface area contributed by atoms with Crippen LogP contribution in [0, 0.1) is 0 Å². The molecule has 0 fully saturated rings. The molecule has 3 nitrogen and oxygen atoms in total. The Morgan fingerprint density at radius 2 is 1.89 bits per heavy atom. The highest BCUT2D eigenvalue weighted by Crippen LogP contribution is 2.39. The summed E-state index contributed by atoms with van der Waals surface area (Å²) in [4.78, 5) is 19.6. The van der Waals surface area contributed by atoms with Crippen molar-refractivity contribution in [3.63, 3.8) is 0 Å². The predicted molar refractivity (Wildman–Crippen MR) is 111 cm³/mol. The Labute approximate surface area is 166 Å². The lowest BCUT2D eigenvalue weighted by Gasteiger charge is -2.36. The summed E-state index contributed by atoms with van der Waals surface area (Å²) < 4.78 is 0. The first kappa shape index (κ1) is 16.6. The Morgan fingerprint density at radius 1 is 1.07 bits per heavy atom. The largest absolute Gasteiger partial charge is 0.356 e. The minimum absolute atomic E-state index is 0.0780. The lowest BCUT2D eigenvalue weighted by atomic mass is 9.92. The van der Waals surface area contributed by atoms with Crippen LogP contribution in [0.3, 0.4) is 0 Å². The quantitative estimate of drug-likeness (QED) is 0.468. The summed E-state index contributed by atoms with van der Waals surface area (Å²) >= 11 is 7.60. The molecule has 0 spiro atoms. The number of halogens is 1. The van der Waals surface area contributed by atoms with Gasteiger partial charge in [0.2, 0.25) is 0 Å². The van der Waals surface area contributed by atoms with E-state index in [0.29, 0.717) is 11.6 Å². The standard InChI is InChI=1S/C22H17ClN2OS/c23-15-9-7-14(8-10-15)21-20-17(16-4-1-2-5-18(16)24-20)11-12-25(21)22(26)19-6-3-13-27-19/h1-10,13,21,24H,11-12H2/t21-/m0/s1. The van der Waals surface area contributed by atoms with E-state index in [1.54, 1.807) is 0 Å². The molecule has 5 rings (SSSR count). The van der Waals surface area contributed by atoms with E-state index in [2.05, 4.69) is 23.2 Å². The summed E-state index contributed by atoms with van der Waals surface area (Å²) in [5.74, 6) is 0.0780. The van der Waals surface area contributed by atoms with Gasteiger partial charge >= 0.3 is 0 Å². The molecule has 1 aliphatic heterocycles. The highest BCUT2D eigenvalue weighted by molar-refractivity contribution is 7.12. The number of carbonyl (C=O) groups excluding carboxylic acids is 1. The fraction of sp³-hybridized carbons (Fsp3) is 0.136. The van der Waals surface area contributed by atoms with Crippen molar-refractivity contribution in [2.75, 3.05) is 6.54 Å². The Morgan fingerprint density at radius 3 is 2.67 bits per heavy atom. The average Bonchev–Trinajstić information content (AvgIpc) is 3.35. The number of para-hydroxylation sites is 1. The van der Waals surface area contributed by atoms with Crippen molar-refractivity contribution in [2.45, 2.75) is 12.5 Å². The molecule has 1 amide bonds. The maximum absolute atomic E-state index is 13.2. The molecule has 0 unspecified atom stereocenters. The van der Waals surface area contributed by atoms with Crippen molar-refractivity contribution >= 4 is 39.7 Å². The monoisotopic (exact) mass is 392 g/mol. The molecule has 1 atom stereocenters. The molecule has 4 aromatic rings. The Kier molecular flexibility index (Phi) is 4.03. The van der Waals surface area contributed by atoms with Gasteiger partial charge in [-0.15, -0.1) is 11.3 Å². The second-order valence-corrected chi connectivity index (χ2v) is 8.13. The van der Waals surface area contributed by atoms with Crippen LogP contribution in [0.5, 0.6) is 0 Å². The Hall–Kier alpha value is -2.56. The van der Waals surface area contributed by atoms with Gasteiger partial charge in [-0.2, -0.15) is 0 Å². The van der Waals surface area contributed by atoms with Crippen molar-refractivity contribution in [1.29, 1.82) is 0 Å². The minimum atomic E-state index is -0.145. The van der Waals surface area contributed by atoms with Gasteiger partial charge < -0.3 is 9.88 Å². The van der Waals surface area contributed by atoms with Crippen LogP contribution in [0.2, 0.25) is 5.02 Å². The lowest BCUT2D eigenvalue weighted by molar-refractivity contribution is 0.0697. The Bertz CT molecular complexity index is 1120. The molecule has 134 valence electrons. The number of fused-ring (bicyclic) bond motifs is 3. The number of hydrogen-bond donors (Lipinski definition) is 1. The molecule has 0 saturated carbocycles. The van der Waals surface area contributed by atoms with Crippen LogP contribution in [0.1, 0.15) is 32.5 Å². The van der Waals surface area contributed by atoms with Crippen LogP contribution in [0.15, 0.2) is 66.0 Å². The number of hydrogen-bond acceptors (Lipinski definition) is 2. The number of nitrogens with zero attached hydrogens (tertiary/aromatic N) is 1. The number of rotatable bonds is 2. The van der Waals surface area contributed by atoms with Gasteiger partial charge in [-0.1, -0.05) is 48.0 Å². The zero-order valence-electron chi connectivity index (χ0n) is 14.5. The number of thiophene rings is 1. The molecule has 0 saturated heterocycles. The van der Waals surface area contributed by atoms with E-state index in [9.17, 15) is 4.79 Å². The van der Waals surface area contributed by atoms with Gasteiger partial charge in [0.05, 0.1) is 10.9 Å². The van der Waals surface area contributed by atoms with E-state index in [0.717, 1.165) is 28.1 Å². The minimum Gasteiger partial charge on any atom is -0.356 e. The van der Waals surface area contributed by atoms with Crippen LogP contribution < -0.4 is 0 Å². The topological polar surface area (TPSA) is 36.1 Å². The molecule has 5 heteroatoms. The smallest absolute Gasteiger partial charge is 0.264 e. The first-order valence-electron chi connectivity index (χ1n) is 8.92. The molecule has 27 heavy (non-hydrogen) atoms. The van der Waals surface area contributed by atoms with Gasteiger partial charge in [-0.25, -0.2) is 0 Å². The third kappa shape index (κ3) is 2.76. The van der Waals surface area contributed by atoms with Crippen LogP contribution in [-0.2, 0) is 6.42 Å². The highest BCUT2D eigenvalue weighted by atomic mass is 35.5. The summed E-state index contributed by atoms with van der Waals surface area (Å²) in [6.07, 6.45) is 0.848. The first-order chi connectivity index (χ1) is 13.2. The molecule has 0 radical (unpaired) electrons. The fourth-order valence-corrected chi connectivity index (χ4v) is 4.80. The second-order valence-electron chi connectivity index (χ2n) is 6.74. The first-order valence-corrected chi connectivity index (χ1v) is 10.2. The van der Waals surface area contributed by atoms with Gasteiger partial charge in [0.15, 0.2) is 0 Å². The van der Waals surface area contributed by atoms with E-state index in [-0.39, 0.29) is 11.9 Å². The summed E-state index contributed by atoms with van der Waals surface area (Å²) in [6.45, 7) is 0.693. The zero-order valence-corrected chi connectivity index (χ0v) is 16.1. The summed E-state index contributed by atoms with van der Waals surface area (Å²) in [6, 6.07) is 19.8. The third-order valence-electron chi connectivity index (χ3n) is 5.21. The molecular weight excluding hydrogens is 376 g/mol. The van der Waals surface area contributed by atoms with Crippen LogP contribution in [-0.4, -0.2) is 22.3 Å². The zero-order chi connectivity index (χ0) is 18.4. The molecule has 1 N–H and O–H groups in total. The van der Waals surface area contributed by atoms with Crippen LogP contribution in [0.4, 0.5) is 0 Å². The van der Waals surface area contributed by atoms with Crippen molar-refractivity contribution in [1.82, 2.24) is 9.88 Å². The maximum atomic E-state index is 13.2. The summed E-state index contributed by atoms with van der Waals surface area (Å²) in [5.41, 5.74) is 4.60. The van der Waals surface area contributed by atoms with Crippen molar-refractivity contribution in [3.8, 4) is 0 Å². The molecule has 2 aromatic heterocycles. The van der Waals surface area contributed by atoms with Crippen LogP contribution >= 0.6 is 22.9 Å². The van der Waals surface area contributed by atoms with Crippen LogP contribution in [0.25, 0.3) is 10.9 Å². The molecule has 0 bridgehead atoms. The summed E-state index contributed by atoms with van der Waals surface area (Å²) in [7, 11) is 0. The Balaban J connectivity index is 1.68. The number of carbonyl (C=O) groups is 1. The van der Waals surface area contributed by atoms with Gasteiger partial charge in [-0.05, 0) is 47.2 Å². The molecular formula is C22H17ClN2OS. The SMILES string of the molecule is O=C(c1cccs1)N1CCc2c([nH]c3ccccc23)[C@@H]1c1ccc(Cl)cc1. The van der Waals surface area contributed by atoms with Crippen molar-refractivity contribution in [2.24, 2.45) is 0 Å². The lowest BCUT2D eigenvalue weighted by Crippen LogP contribution is -2.40. The van der Waals surface area contributed by atoms with Gasteiger partial charge in [0, 0.05) is 28.2 Å². The van der Waals surface area contributed by atoms with Gasteiger partial charge in [0.1, 0.15) is 0 Å². The number of amides is 1. The van der Waals surface area contributed by atoms with E-state index in [1.807, 2.05) is 52.7 Å². The molecule has 2 aromatic carbocycles. The van der Waals surface area contributed by atoms with E-state index < -0.39 is 0 Å². The fourth-order valence-electron chi connectivity index (χ4n) is 3.99. The molecule has 0 aliphatic carbocycles. The number of H-pyrrole nitrogens is 1. The second kappa shape index (κ2) is 6.55. The van der Waals surface area contributed by atoms with E-state index >= 15 is 0 Å². The highest BCUT2D eigenvalue weighted by Gasteiger charge is 2.35. The number of nitrogens with one attached hydrogen (secondary N) is 1. The summed E-state index contributed by atoms with van der Waals surface area (Å²) in [5, 5.41) is 3.89. The van der Waals surface area contributed by atoms with Gasteiger partial charge in [-0.3, -0.25) is 4.79 Å². The van der Waals surface area contributed by atoms with Crippen molar-refractivity contribution in [3.05, 3.63) is 92.8 Å². The molecule has 3 heterocycles.